The summed E-state index contributed by atoms with van der Waals surface area (Å²) in [6, 6.07) is 17.2. The van der Waals surface area contributed by atoms with E-state index in [4.69, 9.17) is 25.8 Å². The van der Waals surface area contributed by atoms with Crippen LogP contribution in [0.15, 0.2) is 66.7 Å². The van der Waals surface area contributed by atoms with E-state index in [0.717, 1.165) is 17.7 Å². The summed E-state index contributed by atoms with van der Waals surface area (Å²) in [6.07, 6.45) is -4.73. The van der Waals surface area contributed by atoms with Crippen molar-refractivity contribution in [2.24, 2.45) is 0 Å². The zero-order valence-electron chi connectivity index (χ0n) is 22.2. The number of hydrogen-bond acceptors (Lipinski definition) is 5. The van der Waals surface area contributed by atoms with Gasteiger partial charge in [0.1, 0.15) is 11.5 Å². The number of amides is 2. The molecule has 1 N–H and O–H groups in total. The molecule has 3 aromatic rings. The van der Waals surface area contributed by atoms with Crippen LogP contribution in [0, 0.1) is 0 Å². The lowest BCUT2D eigenvalue weighted by Gasteiger charge is -2.36. The van der Waals surface area contributed by atoms with Crippen LogP contribution in [0.1, 0.15) is 22.8 Å². The minimum Gasteiger partial charge on any atom is -0.497 e. The van der Waals surface area contributed by atoms with Crippen molar-refractivity contribution in [3.63, 3.8) is 0 Å². The van der Waals surface area contributed by atoms with Gasteiger partial charge >= 0.3 is 12.2 Å². The van der Waals surface area contributed by atoms with Crippen molar-refractivity contribution in [3.8, 4) is 11.5 Å². The molecule has 0 spiro atoms. The van der Waals surface area contributed by atoms with Crippen molar-refractivity contribution < 1.29 is 32.2 Å². The lowest BCUT2D eigenvalue weighted by atomic mass is 10.1. The molecule has 0 unspecified atom stereocenters. The highest BCUT2D eigenvalue weighted by atomic mass is 35.5. The van der Waals surface area contributed by atoms with Crippen LogP contribution in [0.2, 0.25) is 5.02 Å². The highest BCUT2D eigenvalue weighted by Gasteiger charge is 2.30. The fourth-order valence-corrected chi connectivity index (χ4v) is 4.52. The Hall–Kier alpha value is -3.47. The highest BCUT2D eigenvalue weighted by molar-refractivity contribution is 6.30. The van der Waals surface area contributed by atoms with E-state index in [1.807, 2.05) is 12.1 Å². The predicted molar refractivity (Wildman–Crippen MR) is 147 cm³/mol. The minimum absolute atomic E-state index is 0.149. The van der Waals surface area contributed by atoms with Crippen LogP contribution < -0.4 is 14.8 Å². The quantitative estimate of drug-likeness (QED) is 0.315. The minimum atomic E-state index is -4.38. The molecule has 0 bridgehead atoms. The molecule has 4 rings (SSSR count). The average molecular weight is 578 g/mol. The number of benzene rings is 3. The first-order valence-electron chi connectivity index (χ1n) is 12.7. The van der Waals surface area contributed by atoms with Gasteiger partial charge in [-0.1, -0.05) is 35.9 Å². The van der Waals surface area contributed by atoms with Crippen molar-refractivity contribution in [2.45, 2.75) is 18.9 Å². The molecule has 0 radical (unpaired) electrons. The van der Waals surface area contributed by atoms with E-state index < -0.39 is 11.7 Å². The average Bonchev–Trinajstić information content (AvgIpc) is 2.95. The van der Waals surface area contributed by atoms with Gasteiger partial charge < -0.3 is 24.4 Å². The number of alkyl halides is 3. The van der Waals surface area contributed by atoms with Gasteiger partial charge in [0, 0.05) is 43.8 Å². The third kappa shape index (κ3) is 7.80. The largest absolute Gasteiger partial charge is 0.497 e. The summed E-state index contributed by atoms with van der Waals surface area (Å²) in [5, 5.41) is 3.50. The van der Waals surface area contributed by atoms with Gasteiger partial charge in [-0.25, -0.2) is 4.79 Å². The summed E-state index contributed by atoms with van der Waals surface area (Å²) in [7, 11) is 3.09. The molecule has 2 amide bonds. The van der Waals surface area contributed by atoms with E-state index in [2.05, 4.69) is 10.2 Å². The van der Waals surface area contributed by atoms with Gasteiger partial charge in [-0.3, -0.25) is 4.90 Å². The smallest absolute Gasteiger partial charge is 0.416 e. The van der Waals surface area contributed by atoms with E-state index in [1.165, 1.54) is 19.2 Å². The number of ether oxygens (including phenoxy) is 3. The molecule has 40 heavy (non-hydrogen) atoms. The van der Waals surface area contributed by atoms with Crippen LogP contribution in [-0.2, 0) is 17.5 Å². The molecule has 1 saturated heterocycles. The summed E-state index contributed by atoms with van der Waals surface area (Å²) in [5.74, 6) is 1.13. The Morgan fingerprint density at radius 3 is 2.23 bits per heavy atom. The molecule has 0 aromatic heterocycles. The van der Waals surface area contributed by atoms with Crippen molar-refractivity contribution in [1.82, 2.24) is 9.80 Å². The van der Waals surface area contributed by atoms with Gasteiger partial charge in [-0.15, -0.1) is 0 Å². The Balaban J connectivity index is 1.36. The van der Waals surface area contributed by atoms with Crippen LogP contribution in [0.25, 0.3) is 0 Å². The fraction of sp³-hybridized carbons (Fsp3) is 0.345. The van der Waals surface area contributed by atoms with Crippen LogP contribution in [-0.4, -0.2) is 62.8 Å². The molecule has 3 aromatic carbocycles. The second-order valence-corrected chi connectivity index (χ2v) is 9.77. The number of urea groups is 1. The zero-order chi connectivity index (χ0) is 28.7. The van der Waals surface area contributed by atoms with E-state index >= 15 is 0 Å². The van der Waals surface area contributed by atoms with Gasteiger partial charge in [0.15, 0.2) is 0 Å². The third-order valence-corrected chi connectivity index (χ3v) is 6.96. The maximum atomic E-state index is 13.0. The highest BCUT2D eigenvalue weighted by Crippen LogP contribution is 2.31. The van der Waals surface area contributed by atoms with Crippen LogP contribution in [0.5, 0.6) is 11.5 Å². The summed E-state index contributed by atoms with van der Waals surface area (Å²) >= 11 is 6.07. The molecule has 1 aliphatic rings. The summed E-state index contributed by atoms with van der Waals surface area (Å²) in [6.45, 7) is 2.94. The SMILES string of the molecule is COc1ccc(OC)c(NC(=O)N2CCN(C[C@@H](OCc3ccc(C(F)(F)F)cc3)c3ccc(Cl)cc3)CC2)c1. The number of rotatable bonds is 9. The molecular weight excluding hydrogens is 547 g/mol. The number of nitrogens with one attached hydrogen (secondary N) is 1. The molecule has 7 nitrogen and oxygen atoms in total. The Morgan fingerprint density at radius 1 is 0.950 bits per heavy atom. The lowest BCUT2D eigenvalue weighted by molar-refractivity contribution is -0.137. The number of hydrogen-bond donors (Lipinski definition) is 1. The van der Waals surface area contributed by atoms with E-state index in [-0.39, 0.29) is 18.7 Å². The zero-order valence-corrected chi connectivity index (χ0v) is 23.0. The number of carbonyl (C=O) groups is 1. The van der Waals surface area contributed by atoms with Gasteiger partial charge in [-0.05, 0) is 47.5 Å². The number of piperazine rings is 1. The van der Waals surface area contributed by atoms with Gasteiger partial charge in [0.2, 0.25) is 0 Å². The van der Waals surface area contributed by atoms with Crippen molar-refractivity contribution in [2.75, 3.05) is 52.3 Å². The maximum absolute atomic E-state index is 13.0. The molecule has 1 heterocycles. The first-order valence-corrected chi connectivity index (χ1v) is 13.1. The molecule has 0 aliphatic carbocycles. The maximum Gasteiger partial charge on any atom is 0.416 e. The van der Waals surface area contributed by atoms with Gasteiger partial charge in [0.05, 0.1) is 38.2 Å². The number of carbonyl (C=O) groups excluding carboxylic acids is 1. The van der Waals surface area contributed by atoms with E-state index in [0.29, 0.717) is 60.5 Å². The first-order chi connectivity index (χ1) is 19.2. The van der Waals surface area contributed by atoms with Gasteiger partial charge in [0.25, 0.3) is 0 Å². The third-order valence-electron chi connectivity index (χ3n) is 6.71. The molecule has 1 fully saturated rings. The number of anilines is 1. The van der Waals surface area contributed by atoms with Crippen LogP contribution >= 0.6 is 11.6 Å². The molecular formula is C29H31ClF3N3O4. The number of methoxy groups -OCH3 is 2. The molecule has 1 aliphatic heterocycles. The van der Waals surface area contributed by atoms with Crippen molar-refractivity contribution >= 4 is 23.3 Å². The Bertz CT molecular complexity index is 1270. The Morgan fingerprint density at radius 2 is 1.62 bits per heavy atom. The summed E-state index contributed by atoms with van der Waals surface area (Å²) in [4.78, 5) is 16.9. The Labute approximate surface area is 236 Å². The van der Waals surface area contributed by atoms with Crippen molar-refractivity contribution in [1.29, 1.82) is 0 Å². The van der Waals surface area contributed by atoms with E-state index in [9.17, 15) is 18.0 Å². The standard InChI is InChI=1S/C29H31ClF3N3O4/c1-38-24-11-12-26(39-2)25(17-24)34-28(37)36-15-13-35(14-16-36)18-27(21-5-9-23(30)10-6-21)40-19-20-3-7-22(8-4-20)29(31,32)33/h3-12,17,27H,13-16,18-19H2,1-2H3,(H,34,37)/t27-/m1/s1. The normalized spacial score (nSPS) is 15.0. The first kappa shape index (κ1) is 29.5. The fourth-order valence-electron chi connectivity index (χ4n) is 4.39. The number of halogens is 4. The Kier molecular flexibility index (Phi) is 9.78. The number of nitrogens with zero attached hydrogens (tertiary/aromatic N) is 2. The van der Waals surface area contributed by atoms with Crippen LogP contribution in [0.4, 0.5) is 23.7 Å². The lowest BCUT2D eigenvalue weighted by Crippen LogP contribution is -2.50. The molecule has 11 heteroatoms. The second-order valence-electron chi connectivity index (χ2n) is 9.33. The molecule has 214 valence electrons. The monoisotopic (exact) mass is 577 g/mol. The second kappa shape index (κ2) is 13.3. The van der Waals surface area contributed by atoms with Crippen molar-refractivity contribution in [3.05, 3.63) is 88.4 Å². The van der Waals surface area contributed by atoms with E-state index in [1.54, 1.807) is 42.3 Å². The topological polar surface area (TPSA) is 63.3 Å². The summed E-state index contributed by atoms with van der Waals surface area (Å²) < 4.78 is 55.5. The predicted octanol–water partition coefficient (Wildman–Crippen LogP) is 6.48. The molecule has 1 atom stereocenters. The van der Waals surface area contributed by atoms with Gasteiger partial charge in [-0.2, -0.15) is 13.2 Å². The van der Waals surface area contributed by atoms with Crippen LogP contribution in [0.3, 0.4) is 0 Å². The summed E-state index contributed by atoms with van der Waals surface area (Å²) in [5.41, 5.74) is 1.37. The molecule has 0 saturated carbocycles.